The summed E-state index contributed by atoms with van der Waals surface area (Å²) in [7, 11) is 0. The minimum Gasteiger partial charge on any atom is -0.364 e. The van der Waals surface area contributed by atoms with Crippen molar-refractivity contribution in [1.82, 2.24) is 9.97 Å². The second-order valence-corrected chi connectivity index (χ2v) is 5.35. The fourth-order valence-corrected chi connectivity index (χ4v) is 3.31. The van der Waals surface area contributed by atoms with Crippen LogP contribution < -0.4 is 10.6 Å². The first kappa shape index (κ1) is 11.7. The van der Waals surface area contributed by atoms with Crippen LogP contribution in [0.2, 0.25) is 0 Å². The first-order valence-corrected chi connectivity index (χ1v) is 6.79. The Morgan fingerprint density at radius 3 is 2.94 bits per heavy atom. The van der Waals surface area contributed by atoms with Gasteiger partial charge >= 0.3 is 0 Å². The Morgan fingerprint density at radius 1 is 1.39 bits per heavy atom. The number of halogens is 1. The van der Waals surface area contributed by atoms with Crippen LogP contribution in [0.25, 0.3) is 0 Å². The molecule has 3 rings (SSSR count). The van der Waals surface area contributed by atoms with Crippen molar-refractivity contribution in [3.63, 3.8) is 0 Å². The number of hydrogen-bond acceptors (Lipinski definition) is 4. The van der Waals surface area contributed by atoms with Crippen LogP contribution in [0.5, 0.6) is 0 Å². The SMILES string of the molecule is CCNc1ncc(F)c(NC2CC3CCC2C3)n1. The van der Waals surface area contributed by atoms with E-state index in [9.17, 15) is 4.39 Å². The maximum absolute atomic E-state index is 13.7. The van der Waals surface area contributed by atoms with Gasteiger partial charge in [0.05, 0.1) is 6.20 Å². The van der Waals surface area contributed by atoms with Crippen LogP contribution in [-0.4, -0.2) is 22.6 Å². The predicted octanol–water partition coefficient (Wildman–Crippen LogP) is 2.65. The third-order valence-electron chi connectivity index (χ3n) is 4.14. The largest absolute Gasteiger partial charge is 0.364 e. The lowest BCUT2D eigenvalue weighted by molar-refractivity contribution is 0.436. The lowest BCUT2D eigenvalue weighted by Gasteiger charge is -2.23. The van der Waals surface area contributed by atoms with Gasteiger partial charge in [0.1, 0.15) is 0 Å². The molecule has 3 atom stereocenters. The number of rotatable bonds is 4. The van der Waals surface area contributed by atoms with E-state index in [0.717, 1.165) is 18.9 Å². The summed E-state index contributed by atoms with van der Waals surface area (Å²) in [6, 6.07) is 0.391. The van der Waals surface area contributed by atoms with Crippen LogP contribution in [0.1, 0.15) is 32.6 Å². The maximum atomic E-state index is 13.7. The Hall–Kier alpha value is -1.39. The van der Waals surface area contributed by atoms with E-state index >= 15 is 0 Å². The van der Waals surface area contributed by atoms with E-state index < -0.39 is 0 Å². The van der Waals surface area contributed by atoms with Crippen molar-refractivity contribution in [1.29, 1.82) is 0 Å². The average Bonchev–Trinajstić information content (AvgIpc) is 2.96. The molecular formula is C13H19FN4. The fourth-order valence-electron chi connectivity index (χ4n) is 3.31. The van der Waals surface area contributed by atoms with E-state index in [-0.39, 0.29) is 5.82 Å². The van der Waals surface area contributed by atoms with Gasteiger partial charge in [-0.05, 0) is 38.0 Å². The zero-order valence-corrected chi connectivity index (χ0v) is 10.6. The normalized spacial score (nSPS) is 29.6. The highest BCUT2D eigenvalue weighted by molar-refractivity contribution is 5.42. The molecule has 0 saturated heterocycles. The molecule has 98 valence electrons. The van der Waals surface area contributed by atoms with Gasteiger partial charge in [0, 0.05) is 12.6 Å². The zero-order chi connectivity index (χ0) is 12.5. The van der Waals surface area contributed by atoms with Gasteiger partial charge in [-0.3, -0.25) is 0 Å². The third kappa shape index (κ3) is 2.13. The molecule has 4 nitrogen and oxygen atoms in total. The van der Waals surface area contributed by atoms with E-state index in [2.05, 4.69) is 20.6 Å². The van der Waals surface area contributed by atoms with Gasteiger partial charge in [0.2, 0.25) is 5.95 Å². The number of anilines is 2. The van der Waals surface area contributed by atoms with Crippen molar-refractivity contribution in [2.24, 2.45) is 11.8 Å². The van der Waals surface area contributed by atoms with Gasteiger partial charge in [0.25, 0.3) is 0 Å². The molecule has 1 aromatic rings. The van der Waals surface area contributed by atoms with Crippen LogP contribution >= 0.6 is 0 Å². The Labute approximate surface area is 106 Å². The number of fused-ring (bicyclic) bond motifs is 2. The smallest absolute Gasteiger partial charge is 0.224 e. The summed E-state index contributed by atoms with van der Waals surface area (Å²) in [6.45, 7) is 2.70. The third-order valence-corrected chi connectivity index (χ3v) is 4.14. The minimum atomic E-state index is -0.362. The fraction of sp³-hybridized carbons (Fsp3) is 0.692. The summed E-state index contributed by atoms with van der Waals surface area (Å²) < 4.78 is 13.7. The van der Waals surface area contributed by atoms with Crippen LogP contribution in [-0.2, 0) is 0 Å². The van der Waals surface area contributed by atoms with Crippen LogP contribution in [0, 0.1) is 17.7 Å². The average molecular weight is 250 g/mol. The molecule has 0 aliphatic heterocycles. The highest BCUT2D eigenvalue weighted by atomic mass is 19.1. The molecule has 5 heteroatoms. The molecule has 2 saturated carbocycles. The van der Waals surface area contributed by atoms with Crippen LogP contribution in [0.3, 0.4) is 0 Å². The molecule has 2 aliphatic rings. The molecule has 0 radical (unpaired) electrons. The molecule has 18 heavy (non-hydrogen) atoms. The van der Waals surface area contributed by atoms with Crippen molar-refractivity contribution in [3.05, 3.63) is 12.0 Å². The standard InChI is InChI=1S/C13H19FN4/c1-2-15-13-16-7-10(14)12(18-13)17-11-6-8-3-4-9(11)5-8/h7-9,11H,2-6H2,1H3,(H2,15,16,17,18). The molecule has 2 aliphatic carbocycles. The molecule has 1 aromatic heterocycles. The van der Waals surface area contributed by atoms with Gasteiger partial charge in [-0.2, -0.15) is 4.98 Å². The van der Waals surface area contributed by atoms with Crippen LogP contribution in [0.4, 0.5) is 16.2 Å². The molecule has 0 aromatic carbocycles. The topological polar surface area (TPSA) is 49.8 Å². The van der Waals surface area contributed by atoms with E-state index in [0.29, 0.717) is 23.7 Å². The Morgan fingerprint density at radius 2 is 2.28 bits per heavy atom. The van der Waals surface area contributed by atoms with Crippen molar-refractivity contribution >= 4 is 11.8 Å². The monoisotopic (exact) mass is 250 g/mol. The van der Waals surface area contributed by atoms with Gasteiger partial charge in [-0.25, -0.2) is 9.37 Å². The summed E-state index contributed by atoms with van der Waals surface area (Å²) in [5, 5.41) is 6.28. The molecule has 0 amide bonds. The maximum Gasteiger partial charge on any atom is 0.224 e. The molecule has 2 bridgehead atoms. The Balaban J connectivity index is 1.73. The first-order chi connectivity index (χ1) is 8.76. The van der Waals surface area contributed by atoms with Crippen molar-refractivity contribution in [2.45, 2.75) is 38.6 Å². The van der Waals surface area contributed by atoms with Crippen LogP contribution in [0.15, 0.2) is 6.20 Å². The molecule has 1 heterocycles. The lowest BCUT2D eigenvalue weighted by Crippen LogP contribution is -2.27. The zero-order valence-electron chi connectivity index (χ0n) is 10.6. The summed E-state index contributed by atoms with van der Waals surface area (Å²) >= 11 is 0. The molecule has 3 unspecified atom stereocenters. The first-order valence-electron chi connectivity index (χ1n) is 6.79. The molecule has 2 N–H and O–H groups in total. The van der Waals surface area contributed by atoms with E-state index in [4.69, 9.17) is 0 Å². The highest BCUT2D eigenvalue weighted by Gasteiger charge is 2.39. The Kier molecular flexibility index (Phi) is 3.06. The van der Waals surface area contributed by atoms with Crippen molar-refractivity contribution in [3.8, 4) is 0 Å². The van der Waals surface area contributed by atoms with Crippen molar-refractivity contribution in [2.75, 3.05) is 17.2 Å². The predicted molar refractivity (Wildman–Crippen MR) is 69.0 cm³/mol. The lowest BCUT2D eigenvalue weighted by atomic mass is 9.95. The summed E-state index contributed by atoms with van der Waals surface area (Å²) in [5.41, 5.74) is 0. The summed E-state index contributed by atoms with van der Waals surface area (Å²) in [5.74, 6) is 2.01. The minimum absolute atomic E-state index is 0.346. The van der Waals surface area contributed by atoms with Gasteiger partial charge < -0.3 is 10.6 Å². The molecular weight excluding hydrogens is 231 g/mol. The van der Waals surface area contributed by atoms with Gasteiger partial charge in [-0.1, -0.05) is 6.42 Å². The quantitative estimate of drug-likeness (QED) is 0.862. The number of nitrogens with one attached hydrogen (secondary N) is 2. The number of aromatic nitrogens is 2. The molecule has 0 spiro atoms. The van der Waals surface area contributed by atoms with E-state index in [1.54, 1.807) is 0 Å². The summed E-state index contributed by atoms with van der Waals surface area (Å²) in [4.78, 5) is 8.11. The Bertz CT molecular complexity index is 437. The second kappa shape index (κ2) is 4.71. The van der Waals surface area contributed by atoms with Crippen molar-refractivity contribution < 1.29 is 4.39 Å². The van der Waals surface area contributed by atoms with E-state index in [1.165, 1.54) is 25.5 Å². The summed E-state index contributed by atoms with van der Waals surface area (Å²) in [6.07, 6.45) is 6.31. The number of hydrogen-bond donors (Lipinski definition) is 2. The number of nitrogens with zero attached hydrogens (tertiary/aromatic N) is 2. The van der Waals surface area contributed by atoms with E-state index in [1.807, 2.05) is 6.92 Å². The van der Waals surface area contributed by atoms with Gasteiger partial charge in [-0.15, -0.1) is 0 Å². The molecule has 2 fully saturated rings. The second-order valence-electron chi connectivity index (χ2n) is 5.35. The highest BCUT2D eigenvalue weighted by Crippen LogP contribution is 2.45. The van der Waals surface area contributed by atoms with Gasteiger partial charge in [0.15, 0.2) is 11.6 Å².